The number of carbonyl (C=O) groups excluding carboxylic acids is 3. The quantitative estimate of drug-likeness (QED) is 0.737. The van der Waals surface area contributed by atoms with Crippen LogP contribution in [0.4, 0.5) is 16.2 Å². The predicted octanol–water partition coefficient (Wildman–Crippen LogP) is 3.01. The molecule has 3 amide bonds. The number of hydrogen-bond acceptors (Lipinski definition) is 4. The number of amides is 3. The van der Waals surface area contributed by atoms with Crippen LogP contribution < -0.4 is 15.5 Å². The molecular formula is C21H23ClN4O3. The first-order valence-corrected chi connectivity index (χ1v) is 9.74. The number of benzene rings is 2. The zero-order valence-electron chi connectivity index (χ0n) is 16.2. The number of ketones is 1. The highest BCUT2D eigenvalue weighted by Crippen LogP contribution is 2.20. The highest BCUT2D eigenvalue weighted by molar-refractivity contribution is 6.30. The number of Topliss-reactive ketones (excluding diaryl/α,β-unsaturated/α-hetero) is 1. The highest BCUT2D eigenvalue weighted by atomic mass is 35.5. The summed E-state index contributed by atoms with van der Waals surface area (Å²) in [7, 11) is 0. The van der Waals surface area contributed by atoms with Crippen molar-refractivity contribution in [2.75, 3.05) is 42.9 Å². The Labute approximate surface area is 174 Å². The molecule has 0 aromatic heterocycles. The van der Waals surface area contributed by atoms with E-state index in [1.165, 1.54) is 6.92 Å². The summed E-state index contributed by atoms with van der Waals surface area (Å²) >= 11 is 6.04. The van der Waals surface area contributed by atoms with Crippen molar-refractivity contribution in [3.63, 3.8) is 0 Å². The Morgan fingerprint density at radius 1 is 1.00 bits per heavy atom. The van der Waals surface area contributed by atoms with E-state index < -0.39 is 0 Å². The van der Waals surface area contributed by atoms with Gasteiger partial charge < -0.3 is 20.4 Å². The minimum absolute atomic E-state index is 0.0775. The summed E-state index contributed by atoms with van der Waals surface area (Å²) in [5.41, 5.74) is 2.07. The molecule has 0 bridgehead atoms. The van der Waals surface area contributed by atoms with Crippen molar-refractivity contribution < 1.29 is 14.4 Å². The standard InChI is InChI=1S/C21H23ClN4O3/c1-15(27)16-4-2-6-18(12-16)24-20(28)14-23-21(29)26-10-8-25(9-11-26)19-7-3-5-17(22)13-19/h2-7,12-13H,8-11,14H2,1H3,(H,23,29)(H,24,28). The number of carbonyl (C=O) groups is 3. The second-order valence-electron chi connectivity index (χ2n) is 6.80. The number of hydrogen-bond donors (Lipinski definition) is 2. The van der Waals surface area contributed by atoms with E-state index in [1.54, 1.807) is 29.2 Å². The zero-order valence-corrected chi connectivity index (χ0v) is 16.9. The predicted molar refractivity (Wildman–Crippen MR) is 114 cm³/mol. The second-order valence-corrected chi connectivity index (χ2v) is 7.23. The van der Waals surface area contributed by atoms with E-state index in [2.05, 4.69) is 15.5 Å². The van der Waals surface area contributed by atoms with Crippen LogP contribution in [0, 0.1) is 0 Å². The summed E-state index contributed by atoms with van der Waals surface area (Å²) in [6.07, 6.45) is 0. The lowest BCUT2D eigenvalue weighted by Crippen LogP contribution is -2.52. The molecule has 8 heteroatoms. The molecule has 1 aliphatic rings. The molecule has 2 aromatic carbocycles. The molecule has 2 N–H and O–H groups in total. The Morgan fingerprint density at radius 2 is 1.72 bits per heavy atom. The Hall–Kier alpha value is -3.06. The molecule has 2 aromatic rings. The fraction of sp³-hybridized carbons (Fsp3) is 0.286. The smallest absolute Gasteiger partial charge is 0.317 e. The second kappa shape index (κ2) is 9.43. The topological polar surface area (TPSA) is 81.8 Å². The van der Waals surface area contributed by atoms with Crippen molar-refractivity contribution in [1.82, 2.24) is 10.2 Å². The number of urea groups is 1. The van der Waals surface area contributed by atoms with Gasteiger partial charge in [0.15, 0.2) is 5.78 Å². The third-order valence-electron chi connectivity index (χ3n) is 4.69. The van der Waals surface area contributed by atoms with Gasteiger partial charge in [0.25, 0.3) is 0 Å². The molecule has 7 nitrogen and oxygen atoms in total. The largest absolute Gasteiger partial charge is 0.368 e. The van der Waals surface area contributed by atoms with Gasteiger partial charge in [-0.1, -0.05) is 29.8 Å². The lowest BCUT2D eigenvalue weighted by atomic mass is 10.1. The third kappa shape index (κ3) is 5.71. The van der Waals surface area contributed by atoms with E-state index in [0.29, 0.717) is 42.5 Å². The lowest BCUT2D eigenvalue weighted by Gasteiger charge is -2.36. The summed E-state index contributed by atoms with van der Waals surface area (Å²) < 4.78 is 0. The van der Waals surface area contributed by atoms with Crippen molar-refractivity contribution in [3.05, 3.63) is 59.1 Å². The first-order valence-electron chi connectivity index (χ1n) is 9.36. The molecule has 29 heavy (non-hydrogen) atoms. The summed E-state index contributed by atoms with van der Waals surface area (Å²) in [5, 5.41) is 6.01. The van der Waals surface area contributed by atoms with Gasteiger partial charge in [0.2, 0.25) is 5.91 Å². The highest BCUT2D eigenvalue weighted by Gasteiger charge is 2.21. The van der Waals surface area contributed by atoms with E-state index >= 15 is 0 Å². The van der Waals surface area contributed by atoms with Crippen LogP contribution in [0.15, 0.2) is 48.5 Å². The van der Waals surface area contributed by atoms with Crippen molar-refractivity contribution in [3.8, 4) is 0 Å². The maximum Gasteiger partial charge on any atom is 0.317 e. The van der Waals surface area contributed by atoms with E-state index in [9.17, 15) is 14.4 Å². The molecule has 0 saturated carbocycles. The van der Waals surface area contributed by atoms with Crippen molar-refractivity contribution >= 4 is 40.7 Å². The minimum atomic E-state index is -0.350. The van der Waals surface area contributed by atoms with E-state index in [4.69, 9.17) is 11.6 Å². The normalized spacial score (nSPS) is 13.7. The first kappa shape index (κ1) is 20.7. The van der Waals surface area contributed by atoms with Gasteiger partial charge in [0, 0.05) is 48.1 Å². The number of nitrogens with one attached hydrogen (secondary N) is 2. The van der Waals surface area contributed by atoms with Crippen LogP contribution in [0.3, 0.4) is 0 Å². The van der Waals surface area contributed by atoms with Gasteiger partial charge in [0.1, 0.15) is 0 Å². The number of rotatable bonds is 5. The number of halogens is 1. The van der Waals surface area contributed by atoms with Crippen LogP contribution in [0.2, 0.25) is 5.02 Å². The summed E-state index contributed by atoms with van der Waals surface area (Å²) in [4.78, 5) is 39.7. The zero-order chi connectivity index (χ0) is 20.8. The van der Waals surface area contributed by atoms with E-state index in [-0.39, 0.29) is 24.3 Å². The molecule has 1 saturated heterocycles. The molecule has 1 heterocycles. The molecule has 0 spiro atoms. The Balaban J connectivity index is 1.44. The number of piperazine rings is 1. The maximum absolute atomic E-state index is 12.3. The molecular weight excluding hydrogens is 392 g/mol. The van der Waals surface area contributed by atoms with Gasteiger partial charge in [-0.2, -0.15) is 0 Å². The molecule has 0 unspecified atom stereocenters. The van der Waals surface area contributed by atoms with Crippen molar-refractivity contribution in [1.29, 1.82) is 0 Å². The first-order chi connectivity index (χ1) is 13.9. The van der Waals surface area contributed by atoms with Crippen LogP contribution in [-0.4, -0.2) is 55.3 Å². The van der Waals surface area contributed by atoms with Gasteiger partial charge in [-0.25, -0.2) is 4.79 Å². The van der Waals surface area contributed by atoms with Gasteiger partial charge in [-0.15, -0.1) is 0 Å². The molecule has 1 aliphatic heterocycles. The molecule has 1 fully saturated rings. The summed E-state index contributed by atoms with van der Waals surface area (Å²) in [6, 6.07) is 14.0. The summed E-state index contributed by atoms with van der Waals surface area (Å²) in [5.74, 6) is -0.428. The molecule has 3 rings (SSSR count). The Morgan fingerprint density at radius 3 is 2.41 bits per heavy atom. The minimum Gasteiger partial charge on any atom is -0.368 e. The fourth-order valence-electron chi connectivity index (χ4n) is 3.13. The fourth-order valence-corrected chi connectivity index (χ4v) is 3.31. The Kier molecular flexibility index (Phi) is 6.72. The van der Waals surface area contributed by atoms with Gasteiger partial charge in [-0.3, -0.25) is 9.59 Å². The van der Waals surface area contributed by atoms with Crippen LogP contribution >= 0.6 is 11.6 Å². The van der Waals surface area contributed by atoms with Crippen LogP contribution in [0.25, 0.3) is 0 Å². The van der Waals surface area contributed by atoms with Crippen LogP contribution in [0.1, 0.15) is 17.3 Å². The van der Waals surface area contributed by atoms with E-state index in [1.807, 2.05) is 24.3 Å². The van der Waals surface area contributed by atoms with Gasteiger partial charge in [0.05, 0.1) is 6.54 Å². The number of nitrogens with zero attached hydrogens (tertiary/aromatic N) is 2. The van der Waals surface area contributed by atoms with Gasteiger partial charge in [-0.05, 0) is 37.3 Å². The third-order valence-corrected chi connectivity index (χ3v) is 4.93. The van der Waals surface area contributed by atoms with Crippen molar-refractivity contribution in [2.45, 2.75) is 6.92 Å². The maximum atomic E-state index is 12.3. The molecule has 152 valence electrons. The number of anilines is 2. The Bertz CT molecular complexity index is 910. The average molecular weight is 415 g/mol. The van der Waals surface area contributed by atoms with E-state index in [0.717, 1.165) is 5.69 Å². The monoisotopic (exact) mass is 414 g/mol. The summed E-state index contributed by atoms with van der Waals surface area (Å²) in [6.45, 7) is 3.82. The molecule has 0 aliphatic carbocycles. The average Bonchev–Trinajstić information content (AvgIpc) is 2.72. The molecule has 0 radical (unpaired) electrons. The SMILES string of the molecule is CC(=O)c1cccc(NC(=O)CNC(=O)N2CCN(c3cccc(Cl)c3)CC2)c1. The van der Waals surface area contributed by atoms with Crippen LogP contribution in [0.5, 0.6) is 0 Å². The molecule has 0 atom stereocenters. The van der Waals surface area contributed by atoms with Crippen molar-refractivity contribution in [2.24, 2.45) is 0 Å². The van der Waals surface area contributed by atoms with Gasteiger partial charge >= 0.3 is 6.03 Å². The lowest BCUT2D eigenvalue weighted by molar-refractivity contribution is -0.115. The van der Waals surface area contributed by atoms with Crippen LogP contribution in [-0.2, 0) is 4.79 Å².